The van der Waals surface area contributed by atoms with Crippen molar-refractivity contribution in [2.75, 3.05) is 32.7 Å². The SMILES string of the molecule is NC(=O)CN(CCCC(=O)CN(C[C@@H](N)Cc1c[nH]c2ccccc12)C(=O)CCN=C(N)N)C(=O)CC(=O)O. The van der Waals surface area contributed by atoms with Gasteiger partial charge in [-0.1, -0.05) is 18.2 Å². The van der Waals surface area contributed by atoms with Gasteiger partial charge in [0.1, 0.15) is 6.42 Å². The van der Waals surface area contributed by atoms with Gasteiger partial charge in [-0.2, -0.15) is 0 Å². The van der Waals surface area contributed by atoms with Crippen molar-refractivity contribution in [3.05, 3.63) is 36.0 Å². The number of primary amides is 1. The number of aromatic amines is 1. The summed E-state index contributed by atoms with van der Waals surface area (Å²) in [5.41, 5.74) is 24.1. The molecule has 2 aromatic rings. The van der Waals surface area contributed by atoms with Gasteiger partial charge in [0, 0.05) is 49.1 Å². The Morgan fingerprint density at radius 2 is 1.69 bits per heavy atom. The molecule has 2 rings (SSSR count). The summed E-state index contributed by atoms with van der Waals surface area (Å²) in [5.74, 6) is -3.73. The van der Waals surface area contributed by atoms with Crippen LogP contribution in [0, 0.1) is 0 Å². The van der Waals surface area contributed by atoms with Crippen LogP contribution in [-0.2, 0) is 30.4 Å². The minimum atomic E-state index is -1.34. The molecule has 0 radical (unpaired) electrons. The third-order valence-corrected chi connectivity index (χ3v) is 5.84. The van der Waals surface area contributed by atoms with E-state index in [1.807, 2.05) is 30.5 Å². The number of carboxylic acids is 1. The Bertz CT molecular complexity index is 1210. The maximum Gasteiger partial charge on any atom is 0.312 e. The highest BCUT2D eigenvalue weighted by Crippen LogP contribution is 2.19. The highest BCUT2D eigenvalue weighted by molar-refractivity contribution is 5.95. The zero-order valence-corrected chi connectivity index (χ0v) is 21.7. The van der Waals surface area contributed by atoms with Crippen molar-refractivity contribution in [3.8, 4) is 0 Å². The quantitative estimate of drug-likeness (QED) is 0.0783. The van der Waals surface area contributed by atoms with Crippen molar-refractivity contribution in [1.82, 2.24) is 14.8 Å². The van der Waals surface area contributed by atoms with E-state index < -0.39 is 36.8 Å². The summed E-state index contributed by atoms with van der Waals surface area (Å²) < 4.78 is 0. The highest BCUT2D eigenvalue weighted by atomic mass is 16.4. The number of aliphatic carboxylic acids is 1. The van der Waals surface area contributed by atoms with Gasteiger partial charge in [-0.3, -0.25) is 29.0 Å². The Morgan fingerprint density at radius 3 is 2.36 bits per heavy atom. The topological polar surface area (TPSA) is 244 Å². The molecule has 0 fully saturated rings. The van der Waals surface area contributed by atoms with Crippen LogP contribution in [0.3, 0.4) is 0 Å². The standard InChI is InChI=1S/C25H36N8O6/c26-17(10-16-12-31-20-6-2-1-5-19(16)20)13-33(22(36)7-8-30-25(28)29)14-18(34)4-3-9-32(15-21(27)35)23(37)11-24(38)39/h1-2,5-6,12,17,31H,3-4,7-11,13-15,26H2,(H2,27,35)(H,38,39)(H4,28,29,30)/t17-/m0/s1. The molecule has 1 heterocycles. The molecule has 0 bridgehead atoms. The number of aliphatic imine (C=N–C) groups is 1. The molecule has 1 atom stereocenters. The predicted octanol–water partition coefficient (Wildman–Crippen LogP) is -1.33. The summed E-state index contributed by atoms with van der Waals surface area (Å²) in [6.07, 6.45) is 1.63. The maximum absolute atomic E-state index is 12.9. The zero-order valence-electron chi connectivity index (χ0n) is 21.7. The zero-order chi connectivity index (χ0) is 28.9. The molecule has 0 saturated heterocycles. The van der Waals surface area contributed by atoms with Crippen molar-refractivity contribution in [2.45, 2.75) is 38.1 Å². The van der Waals surface area contributed by atoms with Crippen molar-refractivity contribution in [1.29, 1.82) is 0 Å². The van der Waals surface area contributed by atoms with Gasteiger partial charge < -0.3 is 42.8 Å². The number of Topliss-reactive ketones (excluding diaryl/α,β-unsaturated/α-hetero) is 1. The number of hydrogen-bond acceptors (Lipinski definition) is 7. The number of ketones is 1. The number of hydrogen-bond donors (Lipinski definition) is 6. The minimum Gasteiger partial charge on any atom is -0.481 e. The number of carboxylic acid groups (broad SMARTS) is 1. The number of nitrogens with one attached hydrogen (secondary N) is 1. The number of nitrogens with two attached hydrogens (primary N) is 4. The first-order valence-electron chi connectivity index (χ1n) is 12.4. The number of para-hydroxylation sites is 1. The third-order valence-electron chi connectivity index (χ3n) is 5.84. The smallest absolute Gasteiger partial charge is 0.312 e. The number of benzene rings is 1. The van der Waals surface area contributed by atoms with E-state index in [9.17, 15) is 24.0 Å². The molecule has 0 unspecified atom stereocenters. The van der Waals surface area contributed by atoms with Crippen LogP contribution in [0.2, 0.25) is 0 Å². The summed E-state index contributed by atoms with van der Waals surface area (Å²) in [6.45, 7) is -0.563. The lowest BCUT2D eigenvalue weighted by molar-refractivity contribution is -0.145. The Labute approximate surface area is 225 Å². The minimum absolute atomic E-state index is 0.0228. The molecule has 10 N–H and O–H groups in total. The van der Waals surface area contributed by atoms with E-state index in [1.165, 1.54) is 4.90 Å². The molecule has 0 aliphatic heterocycles. The number of H-pyrrole nitrogens is 1. The summed E-state index contributed by atoms with van der Waals surface area (Å²) >= 11 is 0. The number of fused-ring (bicyclic) bond motifs is 1. The lowest BCUT2D eigenvalue weighted by atomic mass is 10.0. The van der Waals surface area contributed by atoms with E-state index in [1.54, 1.807) is 0 Å². The lowest BCUT2D eigenvalue weighted by Crippen LogP contribution is -2.45. The van der Waals surface area contributed by atoms with Crippen LogP contribution in [0.4, 0.5) is 0 Å². The molecule has 14 heteroatoms. The number of aromatic nitrogens is 1. The fourth-order valence-corrected chi connectivity index (χ4v) is 4.10. The van der Waals surface area contributed by atoms with Crippen molar-refractivity contribution >= 4 is 46.3 Å². The van der Waals surface area contributed by atoms with Crippen LogP contribution in [0.1, 0.15) is 31.2 Å². The molecule has 0 aliphatic rings. The van der Waals surface area contributed by atoms with E-state index >= 15 is 0 Å². The van der Waals surface area contributed by atoms with E-state index in [0.29, 0.717) is 6.42 Å². The first kappa shape index (κ1) is 30.8. The summed E-state index contributed by atoms with van der Waals surface area (Å²) in [4.78, 5) is 69.2. The number of guanidine groups is 1. The maximum atomic E-state index is 12.9. The summed E-state index contributed by atoms with van der Waals surface area (Å²) in [6, 6.07) is 7.29. The molecule has 3 amide bonds. The Kier molecular flexibility index (Phi) is 11.9. The van der Waals surface area contributed by atoms with Gasteiger partial charge >= 0.3 is 5.97 Å². The van der Waals surface area contributed by atoms with Crippen LogP contribution in [-0.4, -0.2) is 94.1 Å². The van der Waals surface area contributed by atoms with Gasteiger partial charge in [0.2, 0.25) is 17.7 Å². The fraction of sp³-hybridized carbons (Fsp3) is 0.440. The Balaban J connectivity index is 2.01. The average Bonchev–Trinajstić information content (AvgIpc) is 3.24. The van der Waals surface area contributed by atoms with Gasteiger partial charge in [0.25, 0.3) is 0 Å². The summed E-state index contributed by atoms with van der Waals surface area (Å²) in [5, 5.41) is 9.86. The van der Waals surface area contributed by atoms with Crippen LogP contribution >= 0.6 is 0 Å². The fourth-order valence-electron chi connectivity index (χ4n) is 4.10. The second-order valence-corrected chi connectivity index (χ2v) is 9.15. The monoisotopic (exact) mass is 544 g/mol. The lowest BCUT2D eigenvalue weighted by Gasteiger charge is -2.26. The van der Waals surface area contributed by atoms with E-state index in [-0.39, 0.29) is 63.1 Å². The number of amides is 3. The predicted molar refractivity (Wildman–Crippen MR) is 144 cm³/mol. The average molecular weight is 545 g/mol. The van der Waals surface area contributed by atoms with Crippen LogP contribution in [0.15, 0.2) is 35.5 Å². The van der Waals surface area contributed by atoms with Crippen LogP contribution < -0.4 is 22.9 Å². The largest absolute Gasteiger partial charge is 0.481 e. The Hall–Kier alpha value is -4.46. The number of carbonyl (C=O) groups is 5. The van der Waals surface area contributed by atoms with Gasteiger partial charge in [-0.05, 0) is 24.5 Å². The van der Waals surface area contributed by atoms with Gasteiger partial charge in [-0.25, -0.2) is 0 Å². The normalized spacial score (nSPS) is 11.5. The molecule has 0 aliphatic carbocycles. The van der Waals surface area contributed by atoms with E-state index in [4.69, 9.17) is 28.0 Å². The number of nitrogens with zero attached hydrogens (tertiary/aromatic N) is 3. The molecule has 39 heavy (non-hydrogen) atoms. The van der Waals surface area contributed by atoms with Gasteiger partial charge in [-0.15, -0.1) is 0 Å². The van der Waals surface area contributed by atoms with Crippen LogP contribution in [0.5, 0.6) is 0 Å². The molecular weight excluding hydrogens is 508 g/mol. The third kappa shape index (κ3) is 10.8. The highest BCUT2D eigenvalue weighted by Gasteiger charge is 2.22. The number of carbonyl (C=O) groups excluding carboxylic acids is 4. The first-order valence-corrected chi connectivity index (χ1v) is 12.4. The van der Waals surface area contributed by atoms with E-state index in [0.717, 1.165) is 21.4 Å². The molecule has 14 nitrogen and oxygen atoms in total. The number of rotatable bonds is 17. The molecule has 0 saturated carbocycles. The molecular formula is C25H36N8O6. The second kappa shape index (κ2) is 15.1. The molecule has 1 aromatic carbocycles. The van der Waals surface area contributed by atoms with Gasteiger partial charge in [0.05, 0.1) is 19.6 Å². The van der Waals surface area contributed by atoms with Crippen molar-refractivity contribution in [3.63, 3.8) is 0 Å². The molecule has 212 valence electrons. The van der Waals surface area contributed by atoms with Crippen molar-refractivity contribution < 1.29 is 29.1 Å². The second-order valence-electron chi connectivity index (χ2n) is 9.15. The Morgan fingerprint density at radius 1 is 0.974 bits per heavy atom. The first-order chi connectivity index (χ1) is 18.5. The van der Waals surface area contributed by atoms with Crippen molar-refractivity contribution in [2.24, 2.45) is 27.9 Å². The van der Waals surface area contributed by atoms with E-state index in [2.05, 4.69) is 9.98 Å². The molecule has 0 spiro atoms. The van der Waals surface area contributed by atoms with Crippen LogP contribution in [0.25, 0.3) is 10.9 Å². The van der Waals surface area contributed by atoms with Gasteiger partial charge in [0.15, 0.2) is 11.7 Å². The summed E-state index contributed by atoms with van der Waals surface area (Å²) in [7, 11) is 0. The molecule has 1 aromatic heterocycles.